The summed E-state index contributed by atoms with van der Waals surface area (Å²) in [7, 11) is 0. The predicted octanol–water partition coefficient (Wildman–Crippen LogP) is 5.82. The third-order valence-electron chi connectivity index (χ3n) is 5.13. The second-order valence-electron chi connectivity index (χ2n) is 7.30. The lowest BCUT2D eigenvalue weighted by molar-refractivity contribution is -0.0964. The average molecular weight is 460 g/mol. The van der Waals surface area contributed by atoms with Crippen LogP contribution in [0.1, 0.15) is 36.7 Å². The van der Waals surface area contributed by atoms with Gasteiger partial charge in [-0.15, -0.1) is 8.78 Å². The summed E-state index contributed by atoms with van der Waals surface area (Å²) in [6.45, 7) is 4.20. The van der Waals surface area contributed by atoms with Crippen molar-refractivity contribution in [3.63, 3.8) is 0 Å². The zero-order chi connectivity index (χ0) is 22.9. The molecule has 7 nitrogen and oxygen atoms in total. The number of hydrogen-bond acceptors (Lipinski definition) is 4. The molecule has 0 bridgehead atoms. The van der Waals surface area contributed by atoms with Crippen LogP contribution >= 0.6 is 11.6 Å². The number of halogens is 3. The zero-order valence-electron chi connectivity index (χ0n) is 17.3. The molecule has 166 valence electrons. The van der Waals surface area contributed by atoms with Gasteiger partial charge in [0.15, 0.2) is 0 Å². The van der Waals surface area contributed by atoms with E-state index < -0.39 is 5.57 Å². The van der Waals surface area contributed by atoms with E-state index in [2.05, 4.69) is 43.6 Å². The number of benzene rings is 2. The van der Waals surface area contributed by atoms with Crippen molar-refractivity contribution in [1.29, 1.82) is 0 Å². The van der Waals surface area contributed by atoms with Gasteiger partial charge in [0.1, 0.15) is 5.75 Å². The number of imidazole rings is 1. The standard InChI is InChI=1S/C22H20ClF2N5O2/c1-3-13(2)30-12-26-19-11-14(10-17(20(19)30)18-8-9-27-29-18)21(31)28-15-4-6-16(7-5-15)32-22(23,24)25/h4-13H,3H2,1-2H3,(H,27,29)(H,28,31)/t13-/m1/s1. The van der Waals surface area contributed by atoms with Crippen molar-refractivity contribution in [1.82, 2.24) is 19.7 Å². The first-order chi connectivity index (χ1) is 15.2. The number of nitrogens with zero attached hydrogens (tertiary/aromatic N) is 3. The van der Waals surface area contributed by atoms with Crippen LogP contribution in [0, 0.1) is 0 Å². The van der Waals surface area contributed by atoms with Crippen LogP contribution in [0.3, 0.4) is 0 Å². The molecule has 0 spiro atoms. The minimum absolute atomic E-state index is 0.124. The summed E-state index contributed by atoms with van der Waals surface area (Å²) in [4.78, 5) is 17.4. The number of amides is 1. The van der Waals surface area contributed by atoms with E-state index in [1.807, 2.05) is 6.07 Å². The van der Waals surface area contributed by atoms with E-state index in [4.69, 9.17) is 11.6 Å². The number of aromatic amines is 1. The average Bonchev–Trinajstić information content (AvgIpc) is 3.43. The van der Waals surface area contributed by atoms with Gasteiger partial charge in [0.2, 0.25) is 0 Å². The molecule has 0 saturated carbocycles. The van der Waals surface area contributed by atoms with Crippen molar-refractivity contribution < 1.29 is 18.3 Å². The first-order valence-corrected chi connectivity index (χ1v) is 10.3. The summed E-state index contributed by atoms with van der Waals surface area (Å²) in [5.41, 5.74) is 0.147. The molecule has 32 heavy (non-hydrogen) atoms. The molecule has 0 aliphatic carbocycles. The molecular formula is C22H20ClF2N5O2. The summed E-state index contributed by atoms with van der Waals surface area (Å²) >= 11 is 4.77. The van der Waals surface area contributed by atoms with Crippen LogP contribution in [0.2, 0.25) is 0 Å². The van der Waals surface area contributed by atoms with Crippen molar-refractivity contribution in [2.75, 3.05) is 5.32 Å². The normalized spacial score (nSPS) is 12.7. The van der Waals surface area contributed by atoms with Crippen molar-refractivity contribution in [2.45, 2.75) is 31.9 Å². The molecule has 0 fully saturated rings. The summed E-state index contributed by atoms with van der Waals surface area (Å²) in [5.74, 6) is -0.497. The summed E-state index contributed by atoms with van der Waals surface area (Å²) in [5, 5.41) is 9.73. The number of aromatic nitrogens is 4. The van der Waals surface area contributed by atoms with E-state index in [0.29, 0.717) is 16.8 Å². The Morgan fingerprint density at radius 2 is 2.03 bits per heavy atom. The summed E-state index contributed by atoms with van der Waals surface area (Å²) in [6, 6.07) is 11.0. The van der Waals surface area contributed by atoms with E-state index in [9.17, 15) is 13.6 Å². The fourth-order valence-electron chi connectivity index (χ4n) is 3.39. The molecule has 2 aromatic carbocycles. The Balaban J connectivity index is 1.66. The number of rotatable bonds is 7. The van der Waals surface area contributed by atoms with E-state index in [-0.39, 0.29) is 17.7 Å². The maximum absolute atomic E-state index is 12.9. The van der Waals surface area contributed by atoms with Crippen molar-refractivity contribution in [2.24, 2.45) is 0 Å². The third kappa shape index (κ3) is 4.57. The summed E-state index contributed by atoms with van der Waals surface area (Å²) in [6.07, 6.45) is 4.34. The molecule has 2 aromatic heterocycles. The number of ether oxygens (including phenoxy) is 1. The maximum atomic E-state index is 12.9. The van der Waals surface area contributed by atoms with E-state index in [1.54, 1.807) is 24.7 Å². The summed E-state index contributed by atoms with van der Waals surface area (Å²) < 4.78 is 31.9. The molecular weight excluding hydrogens is 440 g/mol. The molecule has 0 radical (unpaired) electrons. The smallest absolute Gasteiger partial charge is 0.420 e. The molecule has 4 aromatic rings. The van der Waals surface area contributed by atoms with Gasteiger partial charge in [-0.25, -0.2) is 4.98 Å². The Labute approximate surface area is 187 Å². The number of fused-ring (bicyclic) bond motifs is 1. The van der Waals surface area contributed by atoms with Crippen molar-refractivity contribution in [3.05, 3.63) is 60.6 Å². The van der Waals surface area contributed by atoms with Gasteiger partial charge in [0.25, 0.3) is 5.91 Å². The Morgan fingerprint density at radius 3 is 2.66 bits per heavy atom. The molecule has 2 heterocycles. The Bertz CT molecular complexity index is 1230. The minimum Gasteiger partial charge on any atom is -0.420 e. The van der Waals surface area contributed by atoms with Gasteiger partial charge in [-0.05, 0) is 55.8 Å². The second kappa shape index (κ2) is 8.58. The number of carbonyl (C=O) groups is 1. The third-order valence-corrected chi connectivity index (χ3v) is 5.21. The molecule has 10 heteroatoms. The predicted molar refractivity (Wildman–Crippen MR) is 118 cm³/mol. The van der Waals surface area contributed by atoms with Gasteiger partial charge in [-0.3, -0.25) is 9.89 Å². The number of nitrogens with one attached hydrogen (secondary N) is 2. The van der Waals surface area contributed by atoms with E-state index in [0.717, 1.165) is 23.2 Å². The highest BCUT2D eigenvalue weighted by Crippen LogP contribution is 2.32. The molecule has 0 aliphatic heterocycles. The number of anilines is 1. The highest BCUT2D eigenvalue weighted by molar-refractivity contribution is 6.20. The van der Waals surface area contributed by atoms with Gasteiger partial charge in [0.05, 0.1) is 23.1 Å². The minimum atomic E-state index is -3.80. The SMILES string of the molecule is CC[C@@H](C)n1cnc2cc(C(=O)Nc3ccc(OC(F)(F)Cl)cc3)cc(-c3ccn[nH]3)c21. The fraction of sp³-hybridized carbons (Fsp3) is 0.227. The number of H-pyrrole nitrogens is 1. The molecule has 4 rings (SSSR count). The Morgan fingerprint density at radius 1 is 1.28 bits per heavy atom. The number of carbonyl (C=O) groups excluding carboxylic acids is 1. The second-order valence-corrected chi connectivity index (χ2v) is 7.74. The largest absolute Gasteiger partial charge is 0.487 e. The lowest BCUT2D eigenvalue weighted by Gasteiger charge is -2.15. The monoisotopic (exact) mass is 459 g/mol. The zero-order valence-corrected chi connectivity index (χ0v) is 18.0. The van der Waals surface area contributed by atoms with Gasteiger partial charge in [0, 0.05) is 40.7 Å². The molecule has 0 saturated heterocycles. The quantitative estimate of drug-likeness (QED) is 0.341. The molecule has 2 N–H and O–H groups in total. The fourth-order valence-corrected chi connectivity index (χ4v) is 3.48. The Kier molecular flexibility index (Phi) is 5.84. The van der Waals surface area contributed by atoms with Crippen LogP contribution in [0.25, 0.3) is 22.3 Å². The van der Waals surface area contributed by atoms with Crippen molar-refractivity contribution >= 4 is 34.2 Å². The van der Waals surface area contributed by atoms with E-state index in [1.165, 1.54) is 24.3 Å². The lowest BCUT2D eigenvalue weighted by atomic mass is 10.0. The van der Waals surface area contributed by atoms with Crippen LogP contribution in [-0.4, -0.2) is 31.2 Å². The van der Waals surface area contributed by atoms with Crippen LogP contribution in [0.15, 0.2) is 55.0 Å². The van der Waals surface area contributed by atoms with E-state index >= 15 is 0 Å². The van der Waals surface area contributed by atoms with Gasteiger partial charge >= 0.3 is 5.57 Å². The highest BCUT2D eigenvalue weighted by Gasteiger charge is 2.27. The highest BCUT2D eigenvalue weighted by atomic mass is 35.5. The topological polar surface area (TPSA) is 84.8 Å². The Hall–Kier alpha value is -3.46. The molecule has 0 aliphatic rings. The van der Waals surface area contributed by atoms with Gasteiger partial charge in [-0.1, -0.05) is 6.92 Å². The van der Waals surface area contributed by atoms with Gasteiger partial charge in [-0.2, -0.15) is 5.10 Å². The number of hydrogen-bond donors (Lipinski definition) is 2. The van der Waals surface area contributed by atoms with Crippen LogP contribution in [0.4, 0.5) is 14.5 Å². The lowest BCUT2D eigenvalue weighted by Crippen LogP contribution is -2.16. The molecule has 1 atom stereocenters. The number of alkyl halides is 3. The first-order valence-electron chi connectivity index (χ1n) is 9.92. The van der Waals surface area contributed by atoms with Crippen molar-refractivity contribution in [3.8, 4) is 17.0 Å². The molecule has 0 unspecified atom stereocenters. The molecule has 1 amide bonds. The maximum Gasteiger partial charge on any atom is 0.487 e. The van der Waals surface area contributed by atoms with Crippen LogP contribution in [0.5, 0.6) is 5.75 Å². The van der Waals surface area contributed by atoms with Gasteiger partial charge < -0.3 is 14.6 Å². The van der Waals surface area contributed by atoms with Crippen LogP contribution in [-0.2, 0) is 0 Å². The van der Waals surface area contributed by atoms with Crippen LogP contribution < -0.4 is 10.1 Å². The first kappa shape index (κ1) is 21.8.